The molecule has 1 heterocycles. The van der Waals surface area contributed by atoms with Crippen LogP contribution in [0.1, 0.15) is 24.8 Å². The summed E-state index contributed by atoms with van der Waals surface area (Å²) in [4.78, 5) is 0. The number of benzene rings is 1. The Bertz CT molecular complexity index is 522. The molecule has 1 aliphatic rings. The van der Waals surface area contributed by atoms with E-state index in [1.54, 1.807) is 0 Å². The fourth-order valence-electron chi connectivity index (χ4n) is 2.82. The van der Waals surface area contributed by atoms with Gasteiger partial charge in [0.25, 0.3) is 0 Å². The summed E-state index contributed by atoms with van der Waals surface area (Å²) in [6.45, 7) is 1.85. The second-order valence-electron chi connectivity index (χ2n) is 5.15. The van der Waals surface area contributed by atoms with Gasteiger partial charge in [0.15, 0.2) is 0 Å². The largest absolute Gasteiger partial charge is 0.393 e. The van der Waals surface area contributed by atoms with E-state index in [4.69, 9.17) is 0 Å². The van der Waals surface area contributed by atoms with Crippen molar-refractivity contribution in [2.45, 2.75) is 31.9 Å². The number of fused-ring (bicyclic) bond motifs is 1. The Morgan fingerprint density at radius 3 is 3.00 bits per heavy atom. The lowest BCUT2D eigenvalue weighted by Gasteiger charge is -2.14. The van der Waals surface area contributed by atoms with Crippen LogP contribution >= 0.6 is 11.3 Å². The van der Waals surface area contributed by atoms with Gasteiger partial charge in [0.2, 0.25) is 0 Å². The Hall–Kier alpha value is -0.900. The molecule has 3 rings (SSSR count). The number of aliphatic hydroxyl groups is 1. The van der Waals surface area contributed by atoms with E-state index < -0.39 is 0 Å². The molecule has 0 saturated heterocycles. The molecule has 2 atom stereocenters. The standard InChI is InChI=1S/C15H19NOS/c17-14-6-3-4-11(14)8-16-9-12-10-18-15-7-2-1-5-13(12)15/h1-2,5,7,10-11,14,16-17H,3-4,6,8-9H2. The van der Waals surface area contributed by atoms with Crippen LogP contribution in [-0.2, 0) is 6.54 Å². The minimum Gasteiger partial charge on any atom is -0.393 e. The van der Waals surface area contributed by atoms with Gasteiger partial charge in [-0.05, 0) is 41.2 Å². The van der Waals surface area contributed by atoms with Gasteiger partial charge in [0, 0.05) is 17.8 Å². The Balaban J connectivity index is 1.60. The average Bonchev–Trinajstić information content (AvgIpc) is 2.97. The van der Waals surface area contributed by atoms with E-state index >= 15 is 0 Å². The molecule has 0 radical (unpaired) electrons. The lowest BCUT2D eigenvalue weighted by atomic mass is 10.1. The third-order valence-electron chi connectivity index (χ3n) is 3.90. The summed E-state index contributed by atoms with van der Waals surface area (Å²) in [5.41, 5.74) is 1.38. The SMILES string of the molecule is OC1CCCC1CNCc1csc2ccccc12. The number of thiophene rings is 1. The van der Waals surface area contributed by atoms with Gasteiger partial charge in [-0.2, -0.15) is 0 Å². The van der Waals surface area contributed by atoms with Crippen LogP contribution in [0.15, 0.2) is 29.6 Å². The first-order chi connectivity index (χ1) is 8.84. The molecule has 0 spiro atoms. The number of hydrogen-bond donors (Lipinski definition) is 2. The van der Waals surface area contributed by atoms with Crippen molar-refractivity contribution >= 4 is 21.4 Å². The molecule has 1 fully saturated rings. The summed E-state index contributed by atoms with van der Waals surface area (Å²) in [7, 11) is 0. The molecule has 2 aromatic rings. The van der Waals surface area contributed by atoms with Crippen molar-refractivity contribution in [3.05, 3.63) is 35.2 Å². The van der Waals surface area contributed by atoms with Crippen molar-refractivity contribution in [2.75, 3.05) is 6.54 Å². The monoisotopic (exact) mass is 261 g/mol. The first-order valence-corrected chi connectivity index (χ1v) is 7.56. The highest BCUT2D eigenvalue weighted by molar-refractivity contribution is 7.17. The summed E-state index contributed by atoms with van der Waals surface area (Å²) in [6.07, 6.45) is 3.23. The van der Waals surface area contributed by atoms with Gasteiger partial charge >= 0.3 is 0 Å². The fraction of sp³-hybridized carbons (Fsp3) is 0.467. The minimum absolute atomic E-state index is 0.0864. The predicted molar refractivity (Wildman–Crippen MR) is 76.9 cm³/mol. The Morgan fingerprint density at radius 1 is 1.28 bits per heavy atom. The van der Waals surface area contributed by atoms with Crippen molar-refractivity contribution in [3.63, 3.8) is 0 Å². The highest BCUT2D eigenvalue weighted by atomic mass is 32.1. The summed E-state index contributed by atoms with van der Waals surface area (Å²) in [5.74, 6) is 0.454. The first kappa shape index (κ1) is 12.2. The van der Waals surface area contributed by atoms with Gasteiger partial charge in [-0.3, -0.25) is 0 Å². The zero-order valence-corrected chi connectivity index (χ0v) is 11.2. The molecular formula is C15H19NOS. The molecule has 0 bridgehead atoms. The molecule has 2 unspecified atom stereocenters. The molecule has 18 heavy (non-hydrogen) atoms. The number of aliphatic hydroxyl groups excluding tert-OH is 1. The van der Waals surface area contributed by atoms with Crippen molar-refractivity contribution in [2.24, 2.45) is 5.92 Å². The lowest BCUT2D eigenvalue weighted by molar-refractivity contribution is 0.131. The maximum absolute atomic E-state index is 9.78. The van der Waals surface area contributed by atoms with Crippen molar-refractivity contribution < 1.29 is 5.11 Å². The van der Waals surface area contributed by atoms with Crippen LogP contribution in [-0.4, -0.2) is 17.8 Å². The van der Waals surface area contributed by atoms with Crippen molar-refractivity contribution in [1.29, 1.82) is 0 Å². The van der Waals surface area contributed by atoms with Crippen LogP contribution in [0.4, 0.5) is 0 Å². The second kappa shape index (κ2) is 5.39. The molecular weight excluding hydrogens is 242 g/mol. The molecule has 1 aromatic heterocycles. The zero-order chi connectivity index (χ0) is 12.4. The van der Waals surface area contributed by atoms with Gasteiger partial charge in [-0.15, -0.1) is 11.3 Å². The van der Waals surface area contributed by atoms with E-state index in [9.17, 15) is 5.11 Å². The van der Waals surface area contributed by atoms with Crippen LogP contribution in [0.5, 0.6) is 0 Å². The summed E-state index contributed by atoms with van der Waals surface area (Å²) < 4.78 is 1.36. The predicted octanol–water partition coefficient (Wildman–Crippen LogP) is 3.15. The van der Waals surface area contributed by atoms with Crippen molar-refractivity contribution in [1.82, 2.24) is 5.32 Å². The summed E-state index contributed by atoms with van der Waals surface area (Å²) in [5, 5.41) is 16.9. The van der Waals surface area contributed by atoms with E-state index in [0.717, 1.165) is 19.5 Å². The van der Waals surface area contributed by atoms with Gasteiger partial charge < -0.3 is 10.4 Å². The van der Waals surface area contributed by atoms with Crippen LogP contribution in [0.2, 0.25) is 0 Å². The van der Waals surface area contributed by atoms with Gasteiger partial charge in [0.05, 0.1) is 6.10 Å². The molecule has 1 aliphatic carbocycles. The van der Waals surface area contributed by atoms with Gasteiger partial charge in [-0.1, -0.05) is 24.6 Å². The smallest absolute Gasteiger partial charge is 0.0580 e. The van der Waals surface area contributed by atoms with Gasteiger partial charge in [0.1, 0.15) is 0 Å². The average molecular weight is 261 g/mol. The van der Waals surface area contributed by atoms with E-state index in [-0.39, 0.29) is 6.10 Å². The number of rotatable bonds is 4. The highest BCUT2D eigenvalue weighted by Crippen LogP contribution is 2.27. The lowest BCUT2D eigenvalue weighted by Crippen LogP contribution is -2.27. The molecule has 0 aliphatic heterocycles. The summed E-state index contributed by atoms with van der Waals surface area (Å²) >= 11 is 1.81. The van der Waals surface area contributed by atoms with E-state index in [1.165, 1.54) is 28.5 Å². The fourth-order valence-corrected chi connectivity index (χ4v) is 3.78. The number of nitrogens with one attached hydrogen (secondary N) is 1. The normalized spacial score (nSPS) is 23.8. The quantitative estimate of drug-likeness (QED) is 0.886. The molecule has 96 valence electrons. The van der Waals surface area contributed by atoms with E-state index in [2.05, 4.69) is 35.0 Å². The van der Waals surface area contributed by atoms with Crippen LogP contribution in [0.3, 0.4) is 0 Å². The molecule has 0 amide bonds. The third kappa shape index (κ3) is 2.44. The van der Waals surface area contributed by atoms with Crippen LogP contribution in [0.25, 0.3) is 10.1 Å². The highest BCUT2D eigenvalue weighted by Gasteiger charge is 2.24. The maximum Gasteiger partial charge on any atom is 0.0580 e. The summed E-state index contributed by atoms with van der Waals surface area (Å²) in [6, 6.07) is 8.54. The molecule has 3 heteroatoms. The molecule has 1 aromatic carbocycles. The minimum atomic E-state index is -0.0864. The molecule has 1 saturated carbocycles. The molecule has 2 nitrogen and oxygen atoms in total. The molecule has 2 N–H and O–H groups in total. The topological polar surface area (TPSA) is 32.3 Å². The van der Waals surface area contributed by atoms with Crippen LogP contribution in [0, 0.1) is 5.92 Å². The maximum atomic E-state index is 9.78. The van der Waals surface area contributed by atoms with Gasteiger partial charge in [-0.25, -0.2) is 0 Å². The van der Waals surface area contributed by atoms with E-state index in [0.29, 0.717) is 5.92 Å². The van der Waals surface area contributed by atoms with Crippen molar-refractivity contribution in [3.8, 4) is 0 Å². The Kier molecular flexibility index (Phi) is 3.64. The van der Waals surface area contributed by atoms with E-state index in [1.807, 2.05) is 11.3 Å². The second-order valence-corrected chi connectivity index (χ2v) is 6.06. The van der Waals surface area contributed by atoms with Crippen LogP contribution < -0.4 is 5.32 Å². The third-order valence-corrected chi connectivity index (χ3v) is 4.91. The number of hydrogen-bond acceptors (Lipinski definition) is 3. The first-order valence-electron chi connectivity index (χ1n) is 6.68. The Labute approximate surface area is 112 Å². The Morgan fingerprint density at radius 2 is 2.17 bits per heavy atom. The zero-order valence-electron chi connectivity index (χ0n) is 10.4.